The number of ether oxygens (including phenoxy) is 3. The number of nitrogens with zero attached hydrogens (tertiary/aromatic N) is 7. The first-order valence-corrected chi connectivity index (χ1v) is 20.3. The molecule has 2 aromatic heterocycles. The number of carbonyl (C=O) groups excluding carboxylic acids is 5. The zero-order chi connectivity index (χ0) is 42.3. The molecular formula is C40H45BrN10O9. The summed E-state index contributed by atoms with van der Waals surface area (Å²) < 4.78 is 20.5. The second-order valence-electron chi connectivity index (χ2n) is 14.8. The van der Waals surface area contributed by atoms with Crippen LogP contribution in [-0.4, -0.2) is 129 Å². The lowest BCUT2D eigenvalue weighted by Crippen LogP contribution is -2.54. The predicted octanol–water partition coefficient (Wildman–Crippen LogP) is 1.48. The van der Waals surface area contributed by atoms with Gasteiger partial charge in [0.05, 0.1) is 62.2 Å². The van der Waals surface area contributed by atoms with Crippen LogP contribution in [0.4, 0.5) is 5.69 Å². The Morgan fingerprint density at radius 2 is 1.78 bits per heavy atom. The monoisotopic (exact) mass is 888 g/mol. The third-order valence-corrected chi connectivity index (χ3v) is 11.2. The van der Waals surface area contributed by atoms with Gasteiger partial charge in [-0.15, -0.1) is 5.10 Å². The minimum atomic E-state index is -1.06. The molecule has 3 aliphatic heterocycles. The summed E-state index contributed by atoms with van der Waals surface area (Å²) in [4.78, 5) is 78.5. The first-order valence-electron chi connectivity index (χ1n) is 19.5. The van der Waals surface area contributed by atoms with E-state index in [-0.39, 0.29) is 73.0 Å². The van der Waals surface area contributed by atoms with Gasteiger partial charge in [-0.05, 0) is 71.6 Å². The highest BCUT2D eigenvalue weighted by molar-refractivity contribution is 9.10. The van der Waals surface area contributed by atoms with Crippen molar-refractivity contribution in [2.24, 2.45) is 7.05 Å². The SMILES string of the molecule is CN1C[C@H](Nc2cnn(C)c(=O)c2Br)C[C@H](c2ccc(C(=O)NCCOCCn3cc(COCCOc4cccc5c4C(=O)N(C4CCC(=O)NC4=O)C5=O)nn3)cc2)C1. The summed E-state index contributed by atoms with van der Waals surface area (Å²) in [5.74, 6) is -2.12. The molecule has 2 saturated heterocycles. The van der Waals surface area contributed by atoms with Crippen molar-refractivity contribution in [3.05, 3.63) is 97.6 Å². The summed E-state index contributed by atoms with van der Waals surface area (Å²) in [5.41, 5.74) is 2.97. The number of imide groups is 2. The average molecular weight is 890 g/mol. The molecular weight excluding hydrogens is 844 g/mol. The maximum Gasteiger partial charge on any atom is 0.282 e. The second kappa shape index (κ2) is 19.0. The van der Waals surface area contributed by atoms with E-state index in [0.717, 1.165) is 30.0 Å². The number of rotatable bonds is 17. The van der Waals surface area contributed by atoms with Gasteiger partial charge in [0.15, 0.2) is 0 Å². The molecule has 5 amide bonds. The van der Waals surface area contributed by atoms with E-state index >= 15 is 0 Å². The molecule has 0 radical (unpaired) electrons. The number of carbonyl (C=O) groups is 5. The lowest BCUT2D eigenvalue weighted by molar-refractivity contribution is -0.136. The number of benzene rings is 2. The Bertz CT molecular complexity index is 2320. The predicted molar refractivity (Wildman–Crippen MR) is 217 cm³/mol. The zero-order valence-corrected chi connectivity index (χ0v) is 34.7. The van der Waals surface area contributed by atoms with E-state index in [2.05, 4.69) is 59.2 Å². The summed E-state index contributed by atoms with van der Waals surface area (Å²) in [6.45, 7) is 3.54. The molecule has 0 aliphatic carbocycles. The normalized spacial score (nSPS) is 19.3. The van der Waals surface area contributed by atoms with Crippen LogP contribution in [0, 0.1) is 0 Å². The number of hydrogen-bond acceptors (Lipinski definition) is 14. The highest BCUT2D eigenvalue weighted by Gasteiger charge is 2.46. The van der Waals surface area contributed by atoms with Crippen molar-refractivity contribution < 1.29 is 38.2 Å². The van der Waals surface area contributed by atoms with Crippen LogP contribution in [0.1, 0.15) is 67.5 Å². The second-order valence-corrected chi connectivity index (χ2v) is 15.6. The van der Waals surface area contributed by atoms with Crippen molar-refractivity contribution in [3.8, 4) is 5.75 Å². The van der Waals surface area contributed by atoms with Crippen molar-refractivity contribution in [3.63, 3.8) is 0 Å². The van der Waals surface area contributed by atoms with Crippen molar-refractivity contribution in [2.45, 2.75) is 50.4 Å². The average Bonchev–Trinajstić information content (AvgIpc) is 3.79. The number of aryl methyl sites for hydroxylation is 1. The molecule has 316 valence electrons. The number of likely N-dealkylation sites (tertiary alicyclic amines) is 1. The molecule has 60 heavy (non-hydrogen) atoms. The Morgan fingerprint density at radius 3 is 2.58 bits per heavy atom. The molecule has 3 N–H and O–H groups in total. The number of hydrogen-bond donors (Lipinski definition) is 3. The minimum Gasteiger partial charge on any atom is -0.490 e. The highest BCUT2D eigenvalue weighted by Crippen LogP contribution is 2.34. The van der Waals surface area contributed by atoms with E-state index in [1.165, 1.54) is 10.7 Å². The molecule has 2 fully saturated rings. The van der Waals surface area contributed by atoms with Gasteiger partial charge in [-0.2, -0.15) is 5.10 Å². The minimum absolute atomic E-state index is 0.0337. The number of piperidine rings is 2. The molecule has 4 aromatic rings. The van der Waals surface area contributed by atoms with Crippen LogP contribution in [-0.2, 0) is 39.3 Å². The molecule has 5 heterocycles. The fraction of sp³-hybridized carbons (Fsp3) is 0.425. The maximum absolute atomic E-state index is 13.2. The van der Waals surface area contributed by atoms with Crippen LogP contribution >= 0.6 is 15.9 Å². The Hall–Kier alpha value is -5.83. The number of likely N-dealkylation sites (N-methyl/N-ethyl adjacent to an activating group) is 1. The Morgan fingerprint density at radius 1 is 0.967 bits per heavy atom. The van der Waals surface area contributed by atoms with Gasteiger partial charge in [0, 0.05) is 44.7 Å². The molecule has 19 nitrogen and oxygen atoms in total. The summed E-state index contributed by atoms with van der Waals surface area (Å²) in [5, 5.41) is 20.9. The van der Waals surface area contributed by atoms with E-state index in [4.69, 9.17) is 14.2 Å². The molecule has 20 heteroatoms. The third-order valence-electron chi connectivity index (χ3n) is 10.5. The van der Waals surface area contributed by atoms with Crippen molar-refractivity contribution in [1.29, 1.82) is 0 Å². The van der Waals surface area contributed by atoms with E-state index < -0.39 is 29.7 Å². The van der Waals surface area contributed by atoms with Gasteiger partial charge in [0.1, 0.15) is 28.6 Å². The van der Waals surface area contributed by atoms with Gasteiger partial charge in [0.2, 0.25) is 11.8 Å². The molecule has 3 atom stereocenters. The van der Waals surface area contributed by atoms with Crippen molar-refractivity contribution in [2.75, 3.05) is 58.4 Å². The van der Waals surface area contributed by atoms with Gasteiger partial charge in [-0.3, -0.25) is 39.0 Å². The van der Waals surface area contributed by atoms with E-state index in [9.17, 15) is 28.8 Å². The topological polar surface area (TPSA) is 221 Å². The highest BCUT2D eigenvalue weighted by atomic mass is 79.9. The Labute approximate surface area is 352 Å². The standard InChI is InChI=1S/C40H45BrN10O9/c1-48-20-26(18-27(21-48)44-30-19-43-49(2)40(57)35(30)41)24-6-8-25(9-7-24)36(53)42-12-14-58-15-13-50-22-28(46-47-50)23-59-16-17-60-32-5-3-4-29-34(32)39(56)51(38(29)55)31-10-11-33(52)45-37(31)54/h3-9,19,22,26-27,31,44H,10-18,20-21,23H2,1-2H3,(H,42,53)(H,45,52,54)/t26-,27+,31?/m0/s1. The van der Waals surface area contributed by atoms with Crippen LogP contribution in [0.25, 0.3) is 0 Å². The third kappa shape index (κ3) is 9.78. The van der Waals surface area contributed by atoms with Crippen LogP contribution in [0.15, 0.2) is 64.1 Å². The van der Waals surface area contributed by atoms with Crippen molar-refractivity contribution >= 4 is 51.2 Å². The van der Waals surface area contributed by atoms with E-state index in [1.54, 1.807) is 36.3 Å². The Balaban J connectivity index is 0.773. The zero-order valence-electron chi connectivity index (χ0n) is 33.1. The number of aromatic nitrogens is 5. The van der Waals surface area contributed by atoms with Gasteiger partial charge in [-0.25, -0.2) is 9.36 Å². The molecule has 0 spiro atoms. The number of amides is 5. The first kappa shape index (κ1) is 42.3. The number of fused-ring (bicyclic) bond motifs is 1. The summed E-state index contributed by atoms with van der Waals surface area (Å²) in [6, 6.07) is 11.4. The lowest BCUT2D eigenvalue weighted by atomic mass is 9.87. The maximum atomic E-state index is 13.2. The number of nitrogens with one attached hydrogen (secondary N) is 3. The van der Waals surface area contributed by atoms with E-state index in [0.29, 0.717) is 47.7 Å². The summed E-state index contributed by atoms with van der Waals surface area (Å²) in [6.07, 6.45) is 4.35. The van der Waals surface area contributed by atoms with E-state index in [1.807, 2.05) is 24.3 Å². The quantitative estimate of drug-likeness (QED) is 0.101. The molecule has 1 unspecified atom stereocenters. The van der Waals surface area contributed by atoms with Crippen LogP contribution in [0.2, 0.25) is 0 Å². The largest absolute Gasteiger partial charge is 0.490 e. The first-order chi connectivity index (χ1) is 29.0. The van der Waals surface area contributed by atoms with Crippen molar-refractivity contribution in [1.82, 2.24) is 45.2 Å². The lowest BCUT2D eigenvalue weighted by Gasteiger charge is -2.37. The van der Waals surface area contributed by atoms with Crippen LogP contribution in [0.3, 0.4) is 0 Å². The van der Waals surface area contributed by atoms with Gasteiger partial charge < -0.3 is 29.7 Å². The molecule has 7 rings (SSSR count). The van der Waals surface area contributed by atoms with Gasteiger partial charge >= 0.3 is 0 Å². The number of halogens is 1. The smallest absolute Gasteiger partial charge is 0.282 e. The van der Waals surface area contributed by atoms with Crippen LogP contribution in [0.5, 0.6) is 5.75 Å². The molecule has 2 aromatic carbocycles. The fourth-order valence-corrected chi connectivity index (χ4v) is 7.98. The Kier molecular flexibility index (Phi) is 13.4. The summed E-state index contributed by atoms with van der Waals surface area (Å²) in [7, 11) is 3.68. The van der Waals surface area contributed by atoms with Crippen LogP contribution < -0.4 is 26.2 Å². The molecule has 0 bridgehead atoms. The number of anilines is 1. The molecule has 3 aliphatic rings. The summed E-state index contributed by atoms with van der Waals surface area (Å²) >= 11 is 3.40. The van der Waals surface area contributed by atoms with Gasteiger partial charge in [-0.1, -0.05) is 23.4 Å². The van der Waals surface area contributed by atoms with Gasteiger partial charge in [0.25, 0.3) is 23.3 Å². The molecule has 0 saturated carbocycles. The fourth-order valence-electron chi connectivity index (χ4n) is 7.51.